The molecule has 3 heteroatoms. The van der Waals surface area contributed by atoms with Crippen LogP contribution in [0.3, 0.4) is 0 Å². The van der Waals surface area contributed by atoms with Gasteiger partial charge in [-0.1, -0.05) is 20.8 Å². The minimum atomic E-state index is 0.470. The number of hydrogen-bond acceptors (Lipinski definition) is 3. The number of rotatable bonds is 8. The molecule has 1 aliphatic rings. The number of nitrogens with one attached hydrogen (secondary N) is 1. The predicted molar refractivity (Wildman–Crippen MR) is 89.2 cm³/mol. The average molecular weight is 287 g/mol. The lowest BCUT2D eigenvalue weighted by molar-refractivity contribution is 0.121. The largest absolute Gasteiger partial charge is 0.314 e. The molecule has 0 saturated carbocycles. The van der Waals surface area contributed by atoms with E-state index in [0.717, 1.165) is 12.1 Å². The Morgan fingerprint density at radius 2 is 1.95 bits per heavy atom. The molecule has 114 valence electrons. The third-order valence-electron chi connectivity index (χ3n) is 4.91. The van der Waals surface area contributed by atoms with Crippen molar-refractivity contribution in [3.05, 3.63) is 0 Å². The predicted octanol–water partition coefficient (Wildman–Crippen LogP) is 3.76. The van der Waals surface area contributed by atoms with E-state index in [1.807, 2.05) is 0 Å². The van der Waals surface area contributed by atoms with Gasteiger partial charge in [0.05, 0.1) is 0 Å². The van der Waals surface area contributed by atoms with E-state index in [1.54, 1.807) is 0 Å². The second-order valence-electron chi connectivity index (χ2n) is 6.09. The van der Waals surface area contributed by atoms with Gasteiger partial charge in [-0.15, -0.1) is 0 Å². The van der Waals surface area contributed by atoms with Gasteiger partial charge in [0.1, 0.15) is 0 Å². The van der Waals surface area contributed by atoms with E-state index in [1.165, 1.54) is 51.7 Å². The molecule has 2 atom stereocenters. The molecular formula is C16H34N2S. The van der Waals surface area contributed by atoms with Gasteiger partial charge in [-0.3, -0.25) is 4.90 Å². The summed E-state index contributed by atoms with van der Waals surface area (Å²) in [7, 11) is 0. The van der Waals surface area contributed by atoms with E-state index in [2.05, 4.69) is 55.9 Å². The lowest BCUT2D eigenvalue weighted by Gasteiger charge is -2.43. The van der Waals surface area contributed by atoms with Crippen LogP contribution in [0.5, 0.6) is 0 Å². The highest BCUT2D eigenvalue weighted by molar-refractivity contribution is 8.00. The molecule has 0 amide bonds. The second kappa shape index (κ2) is 8.53. The van der Waals surface area contributed by atoms with Gasteiger partial charge in [0.15, 0.2) is 0 Å². The number of likely N-dealkylation sites (tertiary alicyclic amines) is 1. The van der Waals surface area contributed by atoms with Crippen molar-refractivity contribution in [1.29, 1.82) is 0 Å². The van der Waals surface area contributed by atoms with Crippen LogP contribution in [0.1, 0.15) is 59.8 Å². The second-order valence-corrected chi connectivity index (χ2v) is 7.36. The Hall–Kier alpha value is 0.270. The summed E-state index contributed by atoms with van der Waals surface area (Å²) < 4.78 is 0.470. The minimum Gasteiger partial charge on any atom is -0.314 e. The zero-order valence-corrected chi connectivity index (χ0v) is 14.5. The van der Waals surface area contributed by atoms with Gasteiger partial charge in [-0.2, -0.15) is 11.8 Å². The fourth-order valence-electron chi connectivity index (χ4n) is 3.19. The van der Waals surface area contributed by atoms with Gasteiger partial charge >= 0.3 is 0 Å². The molecule has 1 rings (SSSR count). The lowest BCUT2D eigenvalue weighted by Crippen LogP contribution is -2.51. The van der Waals surface area contributed by atoms with Crippen molar-refractivity contribution in [3.8, 4) is 0 Å². The van der Waals surface area contributed by atoms with E-state index in [9.17, 15) is 0 Å². The van der Waals surface area contributed by atoms with Crippen LogP contribution in [-0.4, -0.2) is 47.6 Å². The summed E-state index contributed by atoms with van der Waals surface area (Å²) in [4.78, 5) is 2.73. The Labute approximate surface area is 125 Å². The van der Waals surface area contributed by atoms with Crippen LogP contribution in [0.4, 0.5) is 0 Å². The summed E-state index contributed by atoms with van der Waals surface area (Å²) in [6, 6.07) is 1.48. The maximum absolute atomic E-state index is 3.70. The van der Waals surface area contributed by atoms with Crippen molar-refractivity contribution in [3.63, 3.8) is 0 Å². The SMILES string of the molecule is CCCNC1CCN(CC(CC)(CC)SC)C(C)C1. The van der Waals surface area contributed by atoms with Crippen molar-refractivity contribution in [1.82, 2.24) is 10.2 Å². The van der Waals surface area contributed by atoms with E-state index in [4.69, 9.17) is 0 Å². The highest BCUT2D eigenvalue weighted by atomic mass is 32.2. The van der Waals surface area contributed by atoms with Crippen molar-refractivity contribution in [2.75, 3.05) is 25.9 Å². The summed E-state index contributed by atoms with van der Waals surface area (Å²) in [6.07, 6.45) is 8.74. The Bertz CT molecular complexity index is 233. The van der Waals surface area contributed by atoms with Crippen LogP contribution in [0, 0.1) is 0 Å². The Balaban J connectivity index is 2.48. The van der Waals surface area contributed by atoms with E-state index >= 15 is 0 Å². The van der Waals surface area contributed by atoms with Crippen molar-refractivity contribution >= 4 is 11.8 Å². The molecule has 0 radical (unpaired) electrons. The quantitative estimate of drug-likeness (QED) is 0.731. The maximum Gasteiger partial charge on any atom is 0.0279 e. The molecule has 1 aliphatic heterocycles. The first-order valence-electron chi connectivity index (χ1n) is 8.13. The fraction of sp³-hybridized carbons (Fsp3) is 1.00. The van der Waals surface area contributed by atoms with E-state index < -0.39 is 0 Å². The fourth-order valence-corrected chi connectivity index (χ4v) is 4.06. The minimum absolute atomic E-state index is 0.470. The first-order valence-corrected chi connectivity index (χ1v) is 9.35. The molecule has 2 nitrogen and oxygen atoms in total. The highest BCUT2D eigenvalue weighted by Crippen LogP contribution is 2.33. The van der Waals surface area contributed by atoms with Gasteiger partial charge < -0.3 is 5.32 Å². The van der Waals surface area contributed by atoms with Crippen molar-refractivity contribution in [2.45, 2.75) is 76.6 Å². The van der Waals surface area contributed by atoms with Crippen molar-refractivity contribution in [2.24, 2.45) is 0 Å². The Morgan fingerprint density at radius 3 is 2.42 bits per heavy atom. The molecule has 2 unspecified atom stereocenters. The molecule has 0 aromatic carbocycles. The molecular weight excluding hydrogens is 252 g/mol. The number of nitrogens with zero attached hydrogens (tertiary/aromatic N) is 1. The maximum atomic E-state index is 3.70. The summed E-state index contributed by atoms with van der Waals surface area (Å²) >= 11 is 2.07. The molecule has 1 heterocycles. The standard InChI is InChI=1S/C16H34N2S/c1-6-10-17-15-9-11-18(14(4)12-15)13-16(7-2,8-3)19-5/h14-15,17H,6-13H2,1-5H3. The van der Waals surface area contributed by atoms with Crippen LogP contribution < -0.4 is 5.32 Å². The molecule has 0 aromatic rings. The van der Waals surface area contributed by atoms with Crippen LogP contribution in [0.2, 0.25) is 0 Å². The zero-order chi connectivity index (χ0) is 14.3. The molecule has 19 heavy (non-hydrogen) atoms. The topological polar surface area (TPSA) is 15.3 Å². The van der Waals surface area contributed by atoms with Gasteiger partial charge in [0, 0.05) is 23.4 Å². The Kier molecular flexibility index (Phi) is 7.78. The third-order valence-corrected chi connectivity index (χ3v) is 6.48. The van der Waals surface area contributed by atoms with Gasteiger partial charge in [0.2, 0.25) is 0 Å². The first-order chi connectivity index (χ1) is 9.10. The van der Waals surface area contributed by atoms with E-state index in [0.29, 0.717) is 4.75 Å². The number of piperidine rings is 1. The molecule has 0 spiro atoms. The van der Waals surface area contributed by atoms with Gasteiger partial charge in [-0.05, 0) is 58.4 Å². The number of thioether (sulfide) groups is 1. The summed E-state index contributed by atoms with van der Waals surface area (Å²) in [5.41, 5.74) is 0. The molecule has 0 bridgehead atoms. The van der Waals surface area contributed by atoms with Crippen LogP contribution in [0.15, 0.2) is 0 Å². The summed E-state index contributed by atoms with van der Waals surface area (Å²) in [6.45, 7) is 13.1. The zero-order valence-electron chi connectivity index (χ0n) is 13.7. The molecule has 1 fully saturated rings. The van der Waals surface area contributed by atoms with Crippen LogP contribution >= 0.6 is 11.8 Å². The third kappa shape index (κ3) is 4.95. The first kappa shape index (κ1) is 17.3. The highest BCUT2D eigenvalue weighted by Gasteiger charge is 2.32. The normalized spacial score (nSPS) is 25.7. The smallest absolute Gasteiger partial charge is 0.0279 e. The molecule has 0 aromatic heterocycles. The molecule has 1 N–H and O–H groups in total. The average Bonchev–Trinajstić information content (AvgIpc) is 2.45. The Morgan fingerprint density at radius 1 is 1.26 bits per heavy atom. The van der Waals surface area contributed by atoms with Crippen molar-refractivity contribution < 1.29 is 0 Å². The molecule has 0 aliphatic carbocycles. The molecule has 1 saturated heterocycles. The monoisotopic (exact) mass is 286 g/mol. The van der Waals surface area contributed by atoms with Crippen LogP contribution in [-0.2, 0) is 0 Å². The van der Waals surface area contributed by atoms with Gasteiger partial charge in [-0.25, -0.2) is 0 Å². The summed E-state index contributed by atoms with van der Waals surface area (Å²) in [5, 5.41) is 3.70. The lowest BCUT2D eigenvalue weighted by atomic mass is 9.94. The van der Waals surface area contributed by atoms with Gasteiger partial charge in [0.25, 0.3) is 0 Å². The van der Waals surface area contributed by atoms with E-state index in [-0.39, 0.29) is 0 Å². The summed E-state index contributed by atoms with van der Waals surface area (Å²) in [5.74, 6) is 0. The van der Waals surface area contributed by atoms with Crippen LogP contribution in [0.25, 0.3) is 0 Å². The number of hydrogen-bond donors (Lipinski definition) is 1.